The quantitative estimate of drug-likeness (QED) is 0.793. The molecule has 6 nitrogen and oxygen atoms in total. The topological polar surface area (TPSA) is 60.5 Å². The van der Waals surface area contributed by atoms with Crippen molar-refractivity contribution in [3.05, 3.63) is 29.6 Å². The summed E-state index contributed by atoms with van der Waals surface area (Å²) in [5, 5.41) is 8.89. The van der Waals surface area contributed by atoms with Crippen molar-refractivity contribution in [1.29, 1.82) is 5.26 Å². The molecule has 0 radical (unpaired) electrons. The van der Waals surface area contributed by atoms with Crippen LogP contribution in [0.2, 0.25) is 0 Å². The second-order valence-electron chi connectivity index (χ2n) is 7.21. The van der Waals surface area contributed by atoms with Gasteiger partial charge in [-0.25, -0.2) is 4.79 Å². The van der Waals surface area contributed by atoms with Crippen LogP contribution < -0.4 is 4.57 Å². The Morgan fingerprint density at radius 3 is 2.54 bits per heavy atom. The van der Waals surface area contributed by atoms with Crippen LogP contribution in [0, 0.1) is 18.3 Å². The summed E-state index contributed by atoms with van der Waals surface area (Å²) in [5.74, 6) is 0. The summed E-state index contributed by atoms with van der Waals surface area (Å²) >= 11 is 0. The maximum absolute atomic E-state index is 12.1. The van der Waals surface area contributed by atoms with Gasteiger partial charge in [-0.3, -0.25) is 4.90 Å². The molecule has 1 amide bonds. The van der Waals surface area contributed by atoms with Gasteiger partial charge in [0.15, 0.2) is 11.9 Å². The van der Waals surface area contributed by atoms with Crippen LogP contribution in [0.3, 0.4) is 0 Å². The zero-order valence-corrected chi connectivity index (χ0v) is 15.1. The van der Waals surface area contributed by atoms with E-state index in [9.17, 15) is 4.79 Å². The normalized spacial score (nSPS) is 15.9. The lowest BCUT2D eigenvalue weighted by molar-refractivity contribution is -0.691. The first-order chi connectivity index (χ1) is 11.3. The Hall–Kier alpha value is -2.13. The Bertz CT molecular complexity index is 623. The van der Waals surface area contributed by atoms with Gasteiger partial charge in [0, 0.05) is 51.3 Å². The fourth-order valence-electron chi connectivity index (χ4n) is 2.68. The number of hydrogen-bond donors (Lipinski definition) is 0. The molecule has 0 aromatic carbocycles. The molecule has 1 aliphatic rings. The third-order valence-corrected chi connectivity index (χ3v) is 3.98. The number of ether oxygens (including phenoxy) is 1. The number of nitriles is 1. The average molecular weight is 331 g/mol. The van der Waals surface area contributed by atoms with Crippen molar-refractivity contribution in [2.45, 2.75) is 46.4 Å². The first-order valence-electron chi connectivity index (χ1n) is 8.35. The molecule has 2 heterocycles. The number of rotatable bonds is 3. The molecule has 0 spiro atoms. The lowest BCUT2D eigenvalue weighted by atomic mass is 10.2. The number of piperazine rings is 1. The monoisotopic (exact) mass is 331 g/mol. The van der Waals surface area contributed by atoms with Gasteiger partial charge in [0.25, 0.3) is 0 Å². The number of amides is 1. The van der Waals surface area contributed by atoms with E-state index >= 15 is 0 Å². The number of aryl methyl sites for hydroxylation is 1. The molecule has 0 unspecified atom stereocenters. The fourth-order valence-corrected chi connectivity index (χ4v) is 2.68. The smallest absolute Gasteiger partial charge is 0.410 e. The molecule has 24 heavy (non-hydrogen) atoms. The predicted molar refractivity (Wildman–Crippen MR) is 90.1 cm³/mol. The molecule has 0 bridgehead atoms. The molecule has 2 rings (SSSR count). The summed E-state index contributed by atoms with van der Waals surface area (Å²) in [6.45, 7) is 11.9. The minimum absolute atomic E-state index is 0.232. The van der Waals surface area contributed by atoms with Gasteiger partial charge in [-0.1, -0.05) is 0 Å². The highest BCUT2D eigenvalue weighted by molar-refractivity contribution is 5.68. The van der Waals surface area contributed by atoms with E-state index in [1.165, 1.54) is 5.56 Å². The number of aromatic nitrogens is 1. The molecule has 1 fully saturated rings. The summed E-state index contributed by atoms with van der Waals surface area (Å²) in [6.07, 6.45) is 1.81. The first kappa shape index (κ1) is 18.2. The number of hydrogen-bond acceptors (Lipinski definition) is 4. The molecule has 0 atom stereocenters. The highest BCUT2D eigenvalue weighted by Gasteiger charge is 2.26. The highest BCUT2D eigenvalue weighted by Crippen LogP contribution is 2.13. The zero-order valence-electron chi connectivity index (χ0n) is 15.1. The van der Waals surface area contributed by atoms with Crippen LogP contribution in [0.4, 0.5) is 4.79 Å². The first-order valence-corrected chi connectivity index (χ1v) is 8.35. The molecule has 0 aliphatic carbocycles. The van der Waals surface area contributed by atoms with Gasteiger partial charge in [0.05, 0.1) is 0 Å². The number of carbonyl (C=O) groups excluding carboxylic acids is 1. The van der Waals surface area contributed by atoms with E-state index in [2.05, 4.69) is 17.0 Å². The molecular formula is C18H27N4O2+. The Morgan fingerprint density at radius 2 is 1.96 bits per heavy atom. The molecule has 1 aromatic rings. The van der Waals surface area contributed by atoms with Crippen molar-refractivity contribution in [2.24, 2.45) is 0 Å². The van der Waals surface area contributed by atoms with E-state index in [1.807, 2.05) is 44.5 Å². The third kappa shape index (κ3) is 5.20. The van der Waals surface area contributed by atoms with Crippen molar-refractivity contribution in [1.82, 2.24) is 9.80 Å². The SMILES string of the molecule is Cc1ccc(CN2CCN(C(=O)OC(C)(C)C)CC2)c[n+]1CC#N. The van der Waals surface area contributed by atoms with Crippen molar-refractivity contribution >= 4 is 6.09 Å². The molecule has 1 saturated heterocycles. The van der Waals surface area contributed by atoms with Gasteiger partial charge in [-0.05, 0) is 26.8 Å². The fraction of sp³-hybridized carbons (Fsp3) is 0.611. The van der Waals surface area contributed by atoms with Gasteiger partial charge in [-0.15, -0.1) is 0 Å². The highest BCUT2D eigenvalue weighted by atomic mass is 16.6. The second-order valence-corrected chi connectivity index (χ2v) is 7.21. The molecule has 0 N–H and O–H groups in total. The Morgan fingerprint density at radius 1 is 1.29 bits per heavy atom. The summed E-state index contributed by atoms with van der Waals surface area (Å²) in [4.78, 5) is 16.2. The number of carbonyl (C=O) groups is 1. The Kier molecular flexibility index (Phi) is 5.79. The van der Waals surface area contributed by atoms with E-state index in [0.29, 0.717) is 19.6 Å². The van der Waals surface area contributed by atoms with Crippen LogP contribution >= 0.6 is 0 Å². The van der Waals surface area contributed by atoms with Crippen LogP contribution in [0.25, 0.3) is 0 Å². The zero-order chi connectivity index (χ0) is 17.7. The lowest BCUT2D eigenvalue weighted by Crippen LogP contribution is -2.49. The standard InChI is InChI=1S/C18H27N4O2/c1-15-5-6-16(14-22(15)8-7-19)13-20-9-11-21(12-10-20)17(23)24-18(2,3)4/h5-6,14H,8-13H2,1-4H3/q+1. The van der Waals surface area contributed by atoms with Crippen LogP contribution in [-0.4, -0.2) is 47.7 Å². The predicted octanol–water partition coefficient (Wildman–Crippen LogP) is 1.86. The van der Waals surface area contributed by atoms with Gasteiger partial charge >= 0.3 is 6.09 Å². The minimum Gasteiger partial charge on any atom is -0.444 e. The maximum atomic E-state index is 12.1. The van der Waals surface area contributed by atoms with Crippen molar-refractivity contribution in [3.8, 4) is 6.07 Å². The van der Waals surface area contributed by atoms with Crippen LogP contribution in [-0.2, 0) is 17.8 Å². The largest absolute Gasteiger partial charge is 0.444 e. The van der Waals surface area contributed by atoms with Gasteiger partial charge in [0.1, 0.15) is 11.7 Å². The summed E-state index contributed by atoms with van der Waals surface area (Å²) < 4.78 is 7.39. The van der Waals surface area contributed by atoms with E-state index < -0.39 is 5.60 Å². The van der Waals surface area contributed by atoms with Gasteiger partial charge in [0.2, 0.25) is 6.54 Å². The van der Waals surface area contributed by atoms with E-state index in [-0.39, 0.29) is 6.09 Å². The van der Waals surface area contributed by atoms with E-state index in [1.54, 1.807) is 4.90 Å². The van der Waals surface area contributed by atoms with Crippen molar-refractivity contribution in [3.63, 3.8) is 0 Å². The number of nitrogens with zero attached hydrogens (tertiary/aromatic N) is 4. The molecule has 1 aromatic heterocycles. The molecule has 6 heteroatoms. The molecular weight excluding hydrogens is 304 g/mol. The average Bonchev–Trinajstić information content (AvgIpc) is 2.50. The Labute approximate surface area is 144 Å². The van der Waals surface area contributed by atoms with Crippen molar-refractivity contribution < 1.29 is 14.1 Å². The lowest BCUT2D eigenvalue weighted by Gasteiger charge is -2.35. The molecule has 130 valence electrons. The van der Waals surface area contributed by atoms with Crippen LogP contribution in [0.1, 0.15) is 32.0 Å². The third-order valence-electron chi connectivity index (χ3n) is 3.98. The Balaban J connectivity index is 1.88. The second kappa shape index (κ2) is 7.63. The number of pyridine rings is 1. The van der Waals surface area contributed by atoms with E-state index in [4.69, 9.17) is 10.00 Å². The van der Waals surface area contributed by atoms with Gasteiger partial charge in [-0.2, -0.15) is 9.83 Å². The van der Waals surface area contributed by atoms with Crippen molar-refractivity contribution in [2.75, 3.05) is 26.2 Å². The van der Waals surface area contributed by atoms with Gasteiger partial charge < -0.3 is 9.64 Å². The van der Waals surface area contributed by atoms with Crippen LogP contribution in [0.5, 0.6) is 0 Å². The summed E-state index contributed by atoms with van der Waals surface area (Å²) in [6, 6.07) is 6.33. The summed E-state index contributed by atoms with van der Waals surface area (Å²) in [7, 11) is 0. The molecule has 1 aliphatic heterocycles. The van der Waals surface area contributed by atoms with Crippen LogP contribution in [0.15, 0.2) is 18.3 Å². The molecule has 0 saturated carbocycles. The minimum atomic E-state index is -0.454. The maximum Gasteiger partial charge on any atom is 0.410 e. The summed E-state index contributed by atoms with van der Waals surface area (Å²) in [5.41, 5.74) is 1.81. The van der Waals surface area contributed by atoms with E-state index in [0.717, 1.165) is 25.3 Å².